The molecule has 2 unspecified atom stereocenters. The van der Waals surface area contributed by atoms with Crippen LogP contribution < -0.4 is 0 Å². The predicted molar refractivity (Wildman–Crippen MR) is 44.4 cm³/mol. The molecule has 58 valence electrons. The van der Waals surface area contributed by atoms with Crippen molar-refractivity contribution in [2.24, 2.45) is 5.92 Å². The molecule has 0 aromatic rings. The second-order valence-corrected chi connectivity index (χ2v) is 4.45. The van der Waals surface area contributed by atoms with Crippen LogP contribution in [0, 0.1) is 5.92 Å². The average molecular weight is 158 g/mol. The number of hydrogen-bond acceptors (Lipinski definition) is 2. The van der Waals surface area contributed by atoms with Gasteiger partial charge < -0.3 is 4.74 Å². The third-order valence-electron chi connectivity index (χ3n) is 2.46. The Morgan fingerprint density at radius 3 is 3.00 bits per heavy atom. The maximum absolute atomic E-state index is 5.41. The molecule has 1 nitrogen and oxygen atoms in total. The molecular weight excluding hydrogens is 144 g/mol. The van der Waals surface area contributed by atoms with Crippen molar-refractivity contribution in [2.75, 3.05) is 19.0 Å². The molecule has 0 aromatic heterocycles. The lowest BCUT2D eigenvalue weighted by molar-refractivity contribution is 0.107. The number of thioether (sulfide) groups is 1. The van der Waals surface area contributed by atoms with Crippen LogP contribution in [0.4, 0.5) is 0 Å². The first-order valence-electron chi connectivity index (χ1n) is 4.16. The third-order valence-corrected chi connectivity index (χ3v) is 4.13. The Morgan fingerprint density at radius 2 is 2.20 bits per heavy atom. The highest BCUT2D eigenvalue weighted by Gasteiger charge is 2.31. The first kappa shape index (κ1) is 6.99. The molecule has 2 aliphatic heterocycles. The Kier molecular flexibility index (Phi) is 2.19. The van der Waals surface area contributed by atoms with E-state index in [2.05, 4.69) is 11.8 Å². The van der Waals surface area contributed by atoms with Crippen LogP contribution in [0.5, 0.6) is 0 Å². The van der Waals surface area contributed by atoms with E-state index in [4.69, 9.17) is 4.74 Å². The van der Waals surface area contributed by atoms with Crippen molar-refractivity contribution in [3.05, 3.63) is 0 Å². The van der Waals surface area contributed by atoms with Crippen molar-refractivity contribution in [3.8, 4) is 0 Å². The summed E-state index contributed by atoms with van der Waals surface area (Å²) in [5.41, 5.74) is 0. The number of hydrogen-bond donors (Lipinski definition) is 0. The summed E-state index contributed by atoms with van der Waals surface area (Å²) >= 11 is 2.13. The Labute approximate surface area is 66.5 Å². The summed E-state index contributed by atoms with van der Waals surface area (Å²) < 4.78 is 5.41. The zero-order valence-electron chi connectivity index (χ0n) is 6.21. The molecule has 2 heteroatoms. The van der Waals surface area contributed by atoms with Gasteiger partial charge in [-0.3, -0.25) is 0 Å². The van der Waals surface area contributed by atoms with Crippen LogP contribution in [0.1, 0.15) is 19.3 Å². The van der Waals surface area contributed by atoms with E-state index in [1.54, 1.807) is 0 Å². The highest BCUT2D eigenvalue weighted by Crippen LogP contribution is 2.40. The van der Waals surface area contributed by atoms with Crippen LogP contribution >= 0.6 is 11.8 Å². The monoisotopic (exact) mass is 158 g/mol. The summed E-state index contributed by atoms with van der Waals surface area (Å²) in [6, 6.07) is 0. The minimum atomic E-state index is 0.959. The van der Waals surface area contributed by atoms with Gasteiger partial charge in [-0.2, -0.15) is 11.8 Å². The molecule has 10 heavy (non-hydrogen) atoms. The number of fused-ring (bicyclic) bond motifs is 1. The van der Waals surface area contributed by atoms with Gasteiger partial charge >= 0.3 is 0 Å². The molecule has 2 aliphatic rings. The first-order chi connectivity index (χ1) is 4.97. The Morgan fingerprint density at radius 1 is 1.20 bits per heavy atom. The van der Waals surface area contributed by atoms with E-state index in [0.717, 1.165) is 24.4 Å². The fourth-order valence-corrected chi connectivity index (χ4v) is 3.01. The van der Waals surface area contributed by atoms with E-state index in [0.29, 0.717) is 0 Å². The minimum Gasteiger partial charge on any atom is -0.381 e. The molecule has 0 amide bonds. The van der Waals surface area contributed by atoms with Gasteiger partial charge in [-0.1, -0.05) is 0 Å². The van der Waals surface area contributed by atoms with Gasteiger partial charge in [0.25, 0.3) is 0 Å². The van der Waals surface area contributed by atoms with Crippen LogP contribution in [0.15, 0.2) is 0 Å². The summed E-state index contributed by atoms with van der Waals surface area (Å²) in [6.07, 6.45) is 4.01. The lowest BCUT2D eigenvalue weighted by Gasteiger charge is -2.37. The largest absolute Gasteiger partial charge is 0.381 e. The summed E-state index contributed by atoms with van der Waals surface area (Å²) in [7, 11) is 0. The SMILES string of the molecule is C1COCCC2SCC2C1. The summed E-state index contributed by atoms with van der Waals surface area (Å²) in [5, 5.41) is 0.959. The Hall–Kier alpha value is 0.310. The Bertz CT molecular complexity index is 102. The average Bonchev–Trinajstić information content (AvgIpc) is 1.89. The second kappa shape index (κ2) is 3.14. The van der Waals surface area contributed by atoms with Gasteiger partial charge in [0.05, 0.1) is 0 Å². The highest BCUT2D eigenvalue weighted by atomic mass is 32.2. The normalized spacial score (nSPS) is 40.8. The number of ether oxygens (including phenoxy) is 1. The van der Waals surface area contributed by atoms with Gasteiger partial charge in [0, 0.05) is 18.5 Å². The molecule has 0 bridgehead atoms. The van der Waals surface area contributed by atoms with Crippen LogP contribution in [-0.4, -0.2) is 24.2 Å². The van der Waals surface area contributed by atoms with Gasteiger partial charge in [-0.25, -0.2) is 0 Å². The summed E-state index contributed by atoms with van der Waals surface area (Å²) in [4.78, 5) is 0. The van der Waals surface area contributed by atoms with Gasteiger partial charge in [0.2, 0.25) is 0 Å². The van der Waals surface area contributed by atoms with Crippen molar-refractivity contribution < 1.29 is 4.74 Å². The summed E-state index contributed by atoms with van der Waals surface area (Å²) in [6.45, 7) is 2.02. The molecule has 2 saturated heterocycles. The van der Waals surface area contributed by atoms with Gasteiger partial charge in [-0.15, -0.1) is 0 Å². The third kappa shape index (κ3) is 1.32. The smallest absolute Gasteiger partial charge is 0.0476 e. The van der Waals surface area contributed by atoms with E-state index in [1.165, 1.54) is 25.0 Å². The van der Waals surface area contributed by atoms with Gasteiger partial charge in [0.1, 0.15) is 0 Å². The molecule has 0 N–H and O–H groups in total. The molecular formula is C8H14OS. The fraction of sp³-hybridized carbons (Fsp3) is 1.00. The Balaban J connectivity index is 1.83. The molecule has 0 aromatic carbocycles. The maximum Gasteiger partial charge on any atom is 0.0476 e. The topological polar surface area (TPSA) is 9.23 Å². The predicted octanol–water partition coefficient (Wildman–Crippen LogP) is 1.92. The van der Waals surface area contributed by atoms with E-state index in [9.17, 15) is 0 Å². The maximum atomic E-state index is 5.41. The molecule has 0 spiro atoms. The molecule has 2 fully saturated rings. The lowest BCUT2D eigenvalue weighted by Crippen LogP contribution is -2.33. The first-order valence-corrected chi connectivity index (χ1v) is 5.21. The molecule has 0 aliphatic carbocycles. The van der Waals surface area contributed by atoms with Gasteiger partial charge in [0.15, 0.2) is 0 Å². The van der Waals surface area contributed by atoms with Crippen molar-refractivity contribution in [3.63, 3.8) is 0 Å². The van der Waals surface area contributed by atoms with Crippen LogP contribution in [0.2, 0.25) is 0 Å². The summed E-state index contributed by atoms with van der Waals surface area (Å²) in [5.74, 6) is 2.47. The van der Waals surface area contributed by atoms with Crippen molar-refractivity contribution in [2.45, 2.75) is 24.5 Å². The quantitative estimate of drug-likeness (QED) is 0.532. The zero-order chi connectivity index (χ0) is 6.81. The standard InChI is InChI=1S/C8H14OS/c1-2-7-6-10-8(7)3-5-9-4-1/h7-8H,1-6H2. The van der Waals surface area contributed by atoms with Crippen molar-refractivity contribution >= 4 is 11.8 Å². The van der Waals surface area contributed by atoms with Crippen LogP contribution in [0.25, 0.3) is 0 Å². The molecule has 2 rings (SSSR count). The number of rotatable bonds is 0. The molecule has 0 saturated carbocycles. The molecule has 2 atom stereocenters. The van der Waals surface area contributed by atoms with Crippen molar-refractivity contribution in [1.29, 1.82) is 0 Å². The van der Waals surface area contributed by atoms with E-state index in [1.807, 2.05) is 0 Å². The van der Waals surface area contributed by atoms with E-state index >= 15 is 0 Å². The fourth-order valence-electron chi connectivity index (χ4n) is 1.71. The van der Waals surface area contributed by atoms with E-state index in [-0.39, 0.29) is 0 Å². The van der Waals surface area contributed by atoms with Gasteiger partial charge in [-0.05, 0) is 30.9 Å². The molecule has 2 heterocycles. The van der Waals surface area contributed by atoms with E-state index < -0.39 is 0 Å². The zero-order valence-corrected chi connectivity index (χ0v) is 7.03. The van der Waals surface area contributed by atoms with Crippen LogP contribution in [-0.2, 0) is 4.74 Å². The molecule has 0 radical (unpaired) electrons. The highest BCUT2D eigenvalue weighted by molar-refractivity contribution is 8.01. The second-order valence-electron chi connectivity index (χ2n) is 3.18. The minimum absolute atomic E-state index is 0.959. The van der Waals surface area contributed by atoms with Crippen LogP contribution in [0.3, 0.4) is 0 Å². The lowest BCUT2D eigenvalue weighted by atomic mass is 9.97. The van der Waals surface area contributed by atoms with Crippen molar-refractivity contribution in [1.82, 2.24) is 0 Å².